The Kier molecular flexibility index (Phi) is 3.46. The number of rotatable bonds is 2. The average molecular weight is 248 g/mol. The maximum absolute atomic E-state index is 11.5. The van der Waals surface area contributed by atoms with Crippen molar-refractivity contribution < 1.29 is 4.79 Å². The van der Waals surface area contributed by atoms with E-state index < -0.39 is 0 Å². The van der Waals surface area contributed by atoms with Gasteiger partial charge in [-0.05, 0) is 55.3 Å². The molecule has 0 aromatic rings. The SMILES string of the molecule is CC(=O)CC1CC2=CCCC(C)(C)C2CC1(C)C. The first-order chi connectivity index (χ1) is 8.22. The summed E-state index contributed by atoms with van der Waals surface area (Å²) in [4.78, 5) is 11.5. The van der Waals surface area contributed by atoms with Crippen molar-refractivity contribution in [3.63, 3.8) is 0 Å². The quantitative estimate of drug-likeness (QED) is 0.644. The molecule has 0 aliphatic heterocycles. The highest BCUT2D eigenvalue weighted by Crippen LogP contribution is 2.55. The van der Waals surface area contributed by atoms with E-state index in [0.717, 1.165) is 18.8 Å². The van der Waals surface area contributed by atoms with Gasteiger partial charge in [0.15, 0.2) is 0 Å². The molecule has 2 unspecified atom stereocenters. The van der Waals surface area contributed by atoms with Gasteiger partial charge in [-0.1, -0.05) is 39.3 Å². The molecule has 0 saturated heterocycles. The van der Waals surface area contributed by atoms with Gasteiger partial charge in [0.05, 0.1) is 0 Å². The van der Waals surface area contributed by atoms with E-state index in [1.54, 1.807) is 12.5 Å². The highest BCUT2D eigenvalue weighted by molar-refractivity contribution is 5.75. The Morgan fingerprint density at radius 1 is 1.28 bits per heavy atom. The predicted molar refractivity (Wildman–Crippen MR) is 76.4 cm³/mol. The molecule has 0 heterocycles. The van der Waals surface area contributed by atoms with Crippen molar-refractivity contribution in [2.24, 2.45) is 22.7 Å². The van der Waals surface area contributed by atoms with Crippen molar-refractivity contribution in [3.05, 3.63) is 11.6 Å². The molecular formula is C17H28O. The van der Waals surface area contributed by atoms with Gasteiger partial charge in [0.2, 0.25) is 0 Å². The van der Waals surface area contributed by atoms with Crippen LogP contribution in [0.15, 0.2) is 11.6 Å². The molecule has 0 spiro atoms. The molecule has 2 rings (SSSR count). The standard InChI is InChI=1S/C17H28O/c1-12(18)9-14-10-13-7-6-8-16(2,3)15(13)11-17(14,4)5/h7,14-15H,6,8-11H2,1-5H3. The van der Waals surface area contributed by atoms with Crippen molar-refractivity contribution in [3.8, 4) is 0 Å². The number of ketones is 1. The van der Waals surface area contributed by atoms with E-state index in [1.807, 2.05) is 0 Å². The fraction of sp³-hybridized carbons (Fsp3) is 0.824. The van der Waals surface area contributed by atoms with Gasteiger partial charge in [0.25, 0.3) is 0 Å². The van der Waals surface area contributed by atoms with Gasteiger partial charge in [0, 0.05) is 6.42 Å². The van der Waals surface area contributed by atoms with Gasteiger partial charge in [-0.3, -0.25) is 0 Å². The molecule has 2 aliphatic carbocycles. The minimum Gasteiger partial charge on any atom is -0.300 e. The smallest absolute Gasteiger partial charge is 0.130 e. The van der Waals surface area contributed by atoms with Crippen molar-refractivity contribution in [2.45, 2.75) is 66.7 Å². The van der Waals surface area contributed by atoms with Crippen molar-refractivity contribution in [1.29, 1.82) is 0 Å². The zero-order chi connectivity index (χ0) is 13.6. The van der Waals surface area contributed by atoms with Crippen LogP contribution in [0.1, 0.15) is 66.7 Å². The molecule has 18 heavy (non-hydrogen) atoms. The van der Waals surface area contributed by atoms with E-state index in [1.165, 1.54) is 19.3 Å². The van der Waals surface area contributed by atoms with Crippen LogP contribution in [0.3, 0.4) is 0 Å². The largest absolute Gasteiger partial charge is 0.300 e. The van der Waals surface area contributed by atoms with Gasteiger partial charge in [-0.2, -0.15) is 0 Å². The lowest BCUT2D eigenvalue weighted by molar-refractivity contribution is -0.119. The van der Waals surface area contributed by atoms with E-state index in [2.05, 4.69) is 33.8 Å². The van der Waals surface area contributed by atoms with Crippen LogP contribution in [0.2, 0.25) is 0 Å². The zero-order valence-electron chi connectivity index (χ0n) is 12.7. The van der Waals surface area contributed by atoms with Crippen molar-refractivity contribution in [2.75, 3.05) is 0 Å². The molecule has 1 nitrogen and oxygen atoms in total. The first-order valence-corrected chi connectivity index (χ1v) is 7.41. The number of carbonyl (C=O) groups is 1. The van der Waals surface area contributed by atoms with Crippen LogP contribution in [-0.4, -0.2) is 5.78 Å². The van der Waals surface area contributed by atoms with Crippen LogP contribution < -0.4 is 0 Å². The molecule has 1 fully saturated rings. The fourth-order valence-electron chi connectivity index (χ4n) is 4.03. The van der Waals surface area contributed by atoms with Crippen LogP contribution in [-0.2, 0) is 4.79 Å². The monoisotopic (exact) mass is 248 g/mol. The summed E-state index contributed by atoms with van der Waals surface area (Å²) in [5.74, 6) is 1.64. The molecule has 0 radical (unpaired) electrons. The Morgan fingerprint density at radius 3 is 2.56 bits per heavy atom. The number of hydrogen-bond donors (Lipinski definition) is 0. The summed E-state index contributed by atoms with van der Waals surface area (Å²) < 4.78 is 0. The van der Waals surface area contributed by atoms with E-state index in [4.69, 9.17) is 0 Å². The first kappa shape index (κ1) is 13.8. The third-order valence-corrected chi connectivity index (χ3v) is 5.44. The highest BCUT2D eigenvalue weighted by atomic mass is 16.1. The third-order valence-electron chi connectivity index (χ3n) is 5.44. The number of hydrogen-bond acceptors (Lipinski definition) is 1. The summed E-state index contributed by atoms with van der Waals surface area (Å²) >= 11 is 0. The van der Waals surface area contributed by atoms with Crippen LogP contribution in [0.4, 0.5) is 0 Å². The Balaban J connectivity index is 2.23. The maximum atomic E-state index is 11.5. The molecular weight excluding hydrogens is 220 g/mol. The Hall–Kier alpha value is -0.590. The Bertz CT molecular complexity index is 373. The summed E-state index contributed by atoms with van der Waals surface area (Å²) in [6.45, 7) is 11.3. The van der Waals surface area contributed by atoms with Gasteiger partial charge >= 0.3 is 0 Å². The minimum atomic E-state index is 0.308. The van der Waals surface area contributed by atoms with Crippen LogP contribution in [0.5, 0.6) is 0 Å². The van der Waals surface area contributed by atoms with Crippen molar-refractivity contribution in [1.82, 2.24) is 0 Å². The topological polar surface area (TPSA) is 17.1 Å². The molecule has 0 aromatic heterocycles. The molecule has 1 heteroatoms. The minimum absolute atomic E-state index is 0.308. The first-order valence-electron chi connectivity index (χ1n) is 7.41. The summed E-state index contributed by atoms with van der Waals surface area (Å²) in [6.07, 6.45) is 8.18. The lowest BCUT2D eigenvalue weighted by Crippen LogP contribution is -2.41. The van der Waals surface area contributed by atoms with Gasteiger partial charge in [-0.15, -0.1) is 0 Å². The Labute approximate surface area is 112 Å². The third kappa shape index (κ3) is 2.55. The molecule has 0 N–H and O–H groups in total. The van der Waals surface area contributed by atoms with E-state index in [-0.39, 0.29) is 0 Å². The molecule has 1 saturated carbocycles. The summed E-state index contributed by atoms with van der Waals surface area (Å²) in [5.41, 5.74) is 2.40. The zero-order valence-corrected chi connectivity index (χ0v) is 12.7. The van der Waals surface area contributed by atoms with Crippen LogP contribution in [0, 0.1) is 22.7 Å². The molecule has 0 bridgehead atoms. The molecule has 102 valence electrons. The molecule has 2 aliphatic rings. The van der Waals surface area contributed by atoms with Gasteiger partial charge in [0.1, 0.15) is 5.78 Å². The molecule has 0 amide bonds. The van der Waals surface area contributed by atoms with Crippen LogP contribution >= 0.6 is 0 Å². The summed E-state index contributed by atoms with van der Waals surface area (Å²) in [6, 6.07) is 0. The number of carbonyl (C=O) groups excluding carboxylic acids is 1. The Morgan fingerprint density at radius 2 is 1.94 bits per heavy atom. The van der Waals surface area contributed by atoms with Gasteiger partial charge < -0.3 is 4.79 Å². The van der Waals surface area contributed by atoms with Gasteiger partial charge in [-0.25, -0.2) is 0 Å². The number of allylic oxidation sites excluding steroid dienone is 2. The number of Topliss-reactive ketones (excluding diaryl/α,β-unsaturated/α-hetero) is 1. The van der Waals surface area contributed by atoms with E-state index in [0.29, 0.717) is 22.5 Å². The second-order valence-corrected chi connectivity index (χ2v) is 7.86. The lowest BCUT2D eigenvalue weighted by Gasteiger charge is -2.51. The van der Waals surface area contributed by atoms with E-state index in [9.17, 15) is 4.79 Å². The fourth-order valence-corrected chi connectivity index (χ4v) is 4.03. The average Bonchev–Trinajstić information content (AvgIpc) is 2.19. The molecule has 2 atom stereocenters. The lowest BCUT2D eigenvalue weighted by atomic mass is 9.54. The summed E-state index contributed by atoms with van der Waals surface area (Å²) in [7, 11) is 0. The predicted octanol–water partition coefficient (Wildman–Crippen LogP) is 4.76. The van der Waals surface area contributed by atoms with E-state index >= 15 is 0 Å². The summed E-state index contributed by atoms with van der Waals surface area (Å²) in [5, 5.41) is 0. The normalized spacial score (nSPS) is 33.5. The highest BCUT2D eigenvalue weighted by Gasteiger charge is 2.45. The number of fused-ring (bicyclic) bond motifs is 1. The second-order valence-electron chi connectivity index (χ2n) is 7.86. The van der Waals surface area contributed by atoms with Crippen molar-refractivity contribution >= 4 is 5.78 Å². The maximum Gasteiger partial charge on any atom is 0.130 e. The molecule has 0 aromatic carbocycles. The second kappa shape index (κ2) is 4.51. The van der Waals surface area contributed by atoms with Crippen LogP contribution in [0.25, 0.3) is 0 Å².